The molecule has 4 aliphatic heterocycles. The van der Waals surface area contributed by atoms with Crippen LogP contribution in [0.4, 0.5) is 0 Å². The summed E-state index contributed by atoms with van der Waals surface area (Å²) >= 11 is 0. The maximum atomic E-state index is 12.1. The Morgan fingerprint density at radius 2 is 1.82 bits per heavy atom. The first kappa shape index (κ1) is 24.4. The zero-order chi connectivity index (χ0) is 26.3. The molecule has 2 saturated heterocycles. The number of nitrogens with zero attached hydrogens (tertiary/aromatic N) is 6. The van der Waals surface area contributed by atoms with Gasteiger partial charge in [-0.15, -0.1) is 0 Å². The summed E-state index contributed by atoms with van der Waals surface area (Å²) in [5, 5.41) is 7.30. The predicted octanol–water partition coefficient (Wildman–Crippen LogP) is 3.09. The minimum atomic E-state index is -0.210. The number of hydrogen-bond acceptors (Lipinski definition) is 8. The Morgan fingerprint density at radius 1 is 1.11 bits per heavy atom. The first-order valence-electron chi connectivity index (χ1n) is 13.1. The van der Waals surface area contributed by atoms with Gasteiger partial charge in [0.25, 0.3) is 0 Å². The van der Waals surface area contributed by atoms with E-state index in [-0.39, 0.29) is 29.6 Å². The number of fused-ring (bicyclic) bond motifs is 1. The van der Waals surface area contributed by atoms with Crippen molar-refractivity contribution in [2.24, 2.45) is 26.7 Å². The lowest BCUT2D eigenvalue weighted by atomic mass is 9.84. The highest BCUT2D eigenvalue weighted by molar-refractivity contribution is 6.17. The average Bonchev–Trinajstić information content (AvgIpc) is 3.48. The molecular formula is C29H33N7O2. The van der Waals surface area contributed by atoms with E-state index in [2.05, 4.69) is 28.5 Å². The number of likely N-dealkylation sites (N-methyl/N-ethyl adjacent to an activating group) is 1. The molecule has 0 bridgehead atoms. The van der Waals surface area contributed by atoms with Crippen LogP contribution in [0, 0.1) is 5.92 Å². The maximum absolute atomic E-state index is 12.1. The van der Waals surface area contributed by atoms with E-state index in [0.29, 0.717) is 5.84 Å². The van der Waals surface area contributed by atoms with E-state index < -0.39 is 0 Å². The smallest absolute Gasteiger partial charge is 0.245 e. The molecule has 6 rings (SSSR count). The zero-order valence-corrected chi connectivity index (χ0v) is 21.6. The van der Waals surface area contributed by atoms with E-state index in [4.69, 9.17) is 20.6 Å². The van der Waals surface area contributed by atoms with E-state index in [1.165, 1.54) is 6.08 Å². The van der Waals surface area contributed by atoms with Gasteiger partial charge in [0, 0.05) is 25.2 Å². The molecular weight excluding hydrogens is 478 g/mol. The van der Waals surface area contributed by atoms with E-state index in [1.807, 2.05) is 59.5 Å². The van der Waals surface area contributed by atoms with Crippen molar-refractivity contribution in [2.75, 3.05) is 26.7 Å². The van der Waals surface area contributed by atoms with Gasteiger partial charge in [0.15, 0.2) is 6.17 Å². The molecule has 3 atom stereocenters. The summed E-state index contributed by atoms with van der Waals surface area (Å²) in [7, 11) is 2.19. The number of aliphatic imine (C=N–C) groups is 2. The summed E-state index contributed by atoms with van der Waals surface area (Å²) < 4.78 is 5.97. The van der Waals surface area contributed by atoms with Crippen LogP contribution in [0.5, 0.6) is 11.5 Å². The number of para-hydroxylation sites is 1. The molecule has 0 aromatic heterocycles. The van der Waals surface area contributed by atoms with Crippen molar-refractivity contribution >= 4 is 23.8 Å². The number of nitrogens with two attached hydrogens (primary N) is 1. The number of piperidine rings is 1. The van der Waals surface area contributed by atoms with Crippen LogP contribution in [-0.2, 0) is 4.79 Å². The number of rotatable bonds is 5. The number of ether oxygens (including phenoxy) is 1. The number of likely N-dealkylation sites (tertiary alicyclic amines) is 2. The third-order valence-corrected chi connectivity index (χ3v) is 8.43. The number of amidine groups is 1. The highest BCUT2D eigenvalue weighted by Gasteiger charge is 2.51. The topological polar surface area (TPSA) is 99.1 Å². The fourth-order valence-corrected chi connectivity index (χ4v) is 6.29. The molecule has 9 heteroatoms. The Hall–Kier alpha value is -3.98. The van der Waals surface area contributed by atoms with Crippen molar-refractivity contribution in [3.05, 3.63) is 72.8 Å². The van der Waals surface area contributed by atoms with Crippen molar-refractivity contribution in [1.29, 1.82) is 0 Å². The second-order valence-electron chi connectivity index (χ2n) is 10.5. The molecule has 196 valence electrons. The van der Waals surface area contributed by atoms with Gasteiger partial charge in [0.1, 0.15) is 29.6 Å². The summed E-state index contributed by atoms with van der Waals surface area (Å²) in [6.07, 6.45) is 5.61. The Bertz CT molecular complexity index is 1300. The zero-order valence-electron chi connectivity index (χ0n) is 21.6. The van der Waals surface area contributed by atoms with E-state index >= 15 is 0 Å². The summed E-state index contributed by atoms with van der Waals surface area (Å²) in [6.45, 7) is 6.02. The minimum absolute atomic E-state index is 0.0140. The van der Waals surface area contributed by atoms with Crippen LogP contribution in [0.25, 0.3) is 0 Å². The van der Waals surface area contributed by atoms with Crippen LogP contribution in [0.15, 0.2) is 82.3 Å². The number of hydrazone groups is 1. The van der Waals surface area contributed by atoms with Crippen LogP contribution >= 0.6 is 0 Å². The molecule has 38 heavy (non-hydrogen) atoms. The number of carbonyl (C=O) groups excluding carboxylic acids is 1. The van der Waals surface area contributed by atoms with Gasteiger partial charge in [-0.25, -0.2) is 9.98 Å². The monoisotopic (exact) mass is 511 g/mol. The van der Waals surface area contributed by atoms with Gasteiger partial charge < -0.3 is 15.4 Å². The molecule has 0 saturated carbocycles. The standard InChI is InChI=1S/C29H33N7O2/c1-3-24(37)35-15-13-29(14-16-35)17-21(18-34(29)2)36-28-25(27(30)31-19-32-28)26(33-36)20-9-11-23(12-10-20)38-22-7-5-4-6-8-22/h3-12,19,21,25,28H,1,13-18H2,2H3,(H2,30,31,32). The summed E-state index contributed by atoms with van der Waals surface area (Å²) in [4.78, 5) is 25.5. The SMILES string of the molecule is C=CC(=O)N1CCC2(CC1)CC(N1N=C(c3ccc(Oc4ccccc4)cc3)C3C(N)=NC=NC31)CN2C. The van der Waals surface area contributed by atoms with Crippen molar-refractivity contribution in [3.63, 3.8) is 0 Å². The fourth-order valence-electron chi connectivity index (χ4n) is 6.29. The highest BCUT2D eigenvalue weighted by atomic mass is 16.5. The largest absolute Gasteiger partial charge is 0.457 e. The molecule has 4 heterocycles. The quantitative estimate of drug-likeness (QED) is 0.622. The molecule has 1 amide bonds. The van der Waals surface area contributed by atoms with E-state index in [1.54, 1.807) is 6.34 Å². The molecule has 0 aliphatic carbocycles. The number of amides is 1. The molecule has 2 aromatic rings. The van der Waals surface area contributed by atoms with Gasteiger partial charge in [-0.3, -0.25) is 14.7 Å². The second kappa shape index (κ2) is 9.72. The first-order chi connectivity index (χ1) is 18.5. The average molecular weight is 512 g/mol. The maximum Gasteiger partial charge on any atom is 0.245 e. The minimum Gasteiger partial charge on any atom is -0.457 e. The molecule has 0 radical (unpaired) electrons. The highest BCUT2D eigenvalue weighted by Crippen LogP contribution is 2.42. The van der Waals surface area contributed by atoms with E-state index in [9.17, 15) is 4.79 Å². The predicted molar refractivity (Wildman–Crippen MR) is 149 cm³/mol. The van der Waals surface area contributed by atoms with Crippen LogP contribution in [0.2, 0.25) is 0 Å². The van der Waals surface area contributed by atoms with Gasteiger partial charge >= 0.3 is 0 Å². The van der Waals surface area contributed by atoms with Crippen LogP contribution < -0.4 is 10.5 Å². The molecule has 2 N–H and O–H groups in total. The summed E-state index contributed by atoms with van der Waals surface area (Å²) in [5.74, 6) is 1.90. The Kier molecular flexibility index (Phi) is 6.23. The summed E-state index contributed by atoms with van der Waals surface area (Å²) in [6, 6.07) is 17.9. The Labute approximate surface area is 223 Å². The Morgan fingerprint density at radius 3 is 2.53 bits per heavy atom. The van der Waals surface area contributed by atoms with Gasteiger partial charge in [0.05, 0.1) is 11.8 Å². The van der Waals surface area contributed by atoms with Crippen LogP contribution in [0.1, 0.15) is 24.8 Å². The van der Waals surface area contributed by atoms with Gasteiger partial charge in [-0.05, 0) is 74.3 Å². The molecule has 2 fully saturated rings. The molecule has 9 nitrogen and oxygen atoms in total. The van der Waals surface area contributed by atoms with Crippen LogP contribution in [-0.4, -0.2) is 83.0 Å². The van der Waals surface area contributed by atoms with E-state index in [0.717, 1.165) is 61.7 Å². The lowest BCUT2D eigenvalue weighted by molar-refractivity contribution is -0.128. The van der Waals surface area contributed by atoms with Crippen LogP contribution in [0.3, 0.4) is 0 Å². The van der Waals surface area contributed by atoms with Gasteiger partial charge in [-0.1, -0.05) is 24.8 Å². The normalized spacial score (nSPS) is 26.2. The number of carbonyl (C=O) groups is 1. The fraction of sp³-hybridized carbons (Fsp3) is 0.379. The van der Waals surface area contributed by atoms with Gasteiger partial charge in [0.2, 0.25) is 5.91 Å². The lowest BCUT2D eigenvalue weighted by Gasteiger charge is -2.43. The molecule has 4 aliphatic rings. The van der Waals surface area contributed by atoms with Crippen molar-refractivity contribution in [2.45, 2.75) is 37.0 Å². The second-order valence-corrected chi connectivity index (χ2v) is 10.5. The molecule has 2 aromatic carbocycles. The first-order valence-corrected chi connectivity index (χ1v) is 13.1. The van der Waals surface area contributed by atoms with Crippen molar-refractivity contribution < 1.29 is 9.53 Å². The summed E-state index contributed by atoms with van der Waals surface area (Å²) in [5.41, 5.74) is 8.34. The number of hydrogen-bond donors (Lipinski definition) is 1. The molecule has 3 unspecified atom stereocenters. The third kappa shape index (κ3) is 4.26. The Balaban J connectivity index is 1.23. The third-order valence-electron chi connectivity index (χ3n) is 8.43. The van der Waals surface area contributed by atoms with Gasteiger partial charge in [-0.2, -0.15) is 5.10 Å². The van der Waals surface area contributed by atoms with Crippen molar-refractivity contribution in [3.8, 4) is 11.5 Å². The number of benzene rings is 2. The lowest BCUT2D eigenvalue weighted by Crippen LogP contribution is -2.51. The van der Waals surface area contributed by atoms with Crippen molar-refractivity contribution in [1.82, 2.24) is 14.8 Å². The molecule has 1 spiro atoms.